The number of aryl methyl sites for hydroxylation is 1. The standard InChI is InChI=1S/C39H52O5/c1-6-8-29-10-14-31(15-11-29)32-18-20-34(21-19-32)37-25-35(44-38(40)27(2)3)22-23-36(37)33-16-12-30(13-17-33)9-7-24-43-39(41)28(4)26-42-5/h12-13,16-17,22-23,25,29,31-32,34H,2,4,6-11,14-15,18-21,24,26H2,1,3,5H3. The van der Waals surface area contributed by atoms with Gasteiger partial charge in [-0.3, -0.25) is 0 Å². The van der Waals surface area contributed by atoms with Gasteiger partial charge in [-0.25, -0.2) is 9.59 Å². The normalized spacial score (nSPS) is 21.8. The lowest BCUT2D eigenvalue weighted by molar-refractivity contribution is -0.139. The van der Waals surface area contributed by atoms with Crippen LogP contribution in [0, 0.1) is 17.8 Å². The molecule has 5 heteroatoms. The molecule has 2 aliphatic rings. The summed E-state index contributed by atoms with van der Waals surface area (Å²) < 4.78 is 15.9. The number of rotatable bonds is 14. The van der Waals surface area contributed by atoms with Crippen molar-refractivity contribution in [1.29, 1.82) is 0 Å². The second-order valence-electron chi connectivity index (χ2n) is 13.1. The van der Waals surface area contributed by atoms with Crippen LogP contribution in [0.4, 0.5) is 0 Å². The van der Waals surface area contributed by atoms with Crippen molar-refractivity contribution >= 4 is 11.9 Å². The Morgan fingerprint density at radius 3 is 2.14 bits per heavy atom. The summed E-state index contributed by atoms with van der Waals surface area (Å²) in [5.41, 5.74) is 5.58. The number of benzene rings is 2. The minimum absolute atomic E-state index is 0.182. The molecule has 2 fully saturated rings. The Bertz CT molecular complexity index is 1260. The molecule has 0 saturated heterocycles. The van der Waals surface area contributed by atoms with Gasteiger partial charge in [-0.05, 0) is 116 Å². The molecule has 0 bridgehead atoms. The highest BCUT2D eigenvalue weighted by Gasteiger charge is 2.32. The first-order valence-electron chi connectivity index (χ1n) is 16.7. The van der Waals surface area contributed by atoms with Gasteiger partial charge in [0.05, 0.1) is 18.8 Å². The quantitative estimate of drug-likeness (QED) is 0.0936. The number of ether oxygens (including phenoxy) is 3. The van der Waals surface area contributed by atoms with Gasteiger partial charge in [-0.2, -0.15) is 0 Å². The van der Waals surface area contributed by atoms with Crippen molar-refractivity contribution < 1.29 is 23.8 Å². The predicted octanol–water partition coefficient (Wildman–Crippen LogP) is 9.39. The first kappa shape index (κ1) is 33.7. The average molecular weight is 601 g/mol. The first-order chi connectivity index (χ1) is 21.3. The summed E-state index contributed by atoms with van der Waals surface area (Å²) in [4.78, 5) is 24.2. The van der Waals surface area contributed by atoms with Gasteiger partial charge in [0.15, 0.2) is 0 Å². The summed E-state index contributed by atoms with van der Waals surface area (Å²) in [6.45, 7) is 12.0. The highest BCUT2D eigenvalue weighted by molar-refractivity contribution is 5.89. The van der Waals surface area contributed by atoms with Gasteiger partial charge >= 0.3 is 11.9 Å². The van der Waals surface area contributed by atoms with E-state index in [1.165, 1.54) is 93.6 Å². The minimum Gasteiger partial charge on any atom is -0.462 e. The fraction of sp³-hybridized carbons (Fsp3) is 0.538. The van der Waals surface area contributed by atoms with Crippen molar-refractivity contribution in [2.75, 3.05) is 20.3 Å². The highest BCUT2D eigenvalue weighted by Crippen LogP contribution is 2.46. The highest BCUT2D eigenvalue weighted by atomic mass is 16.5. The monoisotopic (exact) mass is 600 g/mol. The van der Waals surface area contributed by atoms with Crippen LogP contribution in [0.15, 0.2) is 66.8 Å². The van der Waals surface area contributed by atoms with Crippen LogP contribution >= 0.6 is 0 Å². The molecule has 0 aliphatic heterocycles. The Morgan fingerprint density at radius 2 is 1.52 bits per heavy atom. The molecule has 5 nitrogen and oxygen atoms in total. The summed E-state index contributed by atoms with van der Waals surface area (Å²) >= 11 is 0. The Hall–Kier alpha value is -3.18. The van der Waals surface area contributed by atoms with Crippen LogP contribution in [0.25, 0.3) is 11.1 Å². The molecule has 0 aromatic heterocycles. The summed E-state index contributed by atoms with van der Waals surface area (Å²) in [5, 5.41) is 0. The maximum Gasteiger partial charge on any atom is 0.338 e. The summed E-state index contributed by atoms with van der Waals surface area (Å²) in [5.74, 6) is 2.95. The van der Waals surface area contributed by atoms with Gasteiger partial charge in [-0.1, -0.05) is 76.1 Å². The first-order valence-corrected chi connectivity index (χ1v) is 16.7. The van der Waals surface area contributed by atoms with Gasteiger partial charge in [0.1, 0.15) is 5.75 Å². The smallest absolute Gasteiger partial charge is 0.338 e. The number of methoxy groups -OCH3 is 1. The molecule has 0 atom stereocenters. The minimum atomic E-state index is -0.402. The van der Waals surface area contributed by atoms with E-state index in [4.69, 9.17) is 14.2 Å². The van der Waals surface area contributed by atoms with Gasteiger partial charge in [0, 0.05) is 12.7 Å². The Morgan fingerprint density at radius 1 is 0.864 bits per heavy atom. The molecule has 0 amide bonds. The van der Waals surface area contributed by atoms with Gasteiger partial charge in [0.25, 0.3) is 0 Å². The van der Waals surface area contributed by atoms with Crippen molar-refractivity contribution in [1.82, 2.24) is 0 Å². The van der Waals surface area contributed by atoms with E-state index >= 15 is 0 Å². The van der Waals surface area contributed by atoms with E-state index in [2.05, 4.69) is 56.5 Å². The van der Waals surface area contributed by atoms with Crippen LogP contribution in [-0.4, -0.2) is 32.3 Å². The lowest BCUT2D eigenvalue weighted by Gasteiger charge is -2.38. The largest absolute Gasteiger partial charge is 0.462 e. The van der Waals surface area contributed by atoms with E-state index in [1.54, 1.807) is 6.92 Å². The third-order valence-corrected chi connectivity index (χ3v) is 9.76. The number of carbonyl (C=O) groups excluding carboxylic acids is 2. The van der Waals surface area contributed by atoms with Crippen molar-refractivity contribution in [3.63, 3.8) is 0 Å². The summed E-state index contributed by atoms with van der Waals surface area (Å²) in [7, 11) is 1.53. The molecule has 2 saturated carbocycles. The van der Waals surface area contributed by atoms with Crippen LogP contribution in [0.3, 0.4) is 0 Å². The van der Waals surface area contributed by atoms with Crippen LogP contribution in [0.5, 0.6) is 5.75 Å². The second-order valence-corrected chi connectivity index (χ2v) is 13.1. The van der Waals surface area contributed by atoms with Crippen LogP contribution in [0.2, 0.25) is 0 Å². The van der Waals surface area contributed by atoms with Gasteiger partial charge in [-0.15, -0.1) is 0 Å². The molecule has 238 valence electrons. The van der Waals surface area contributed by atoms with E-state index in [-0.39, 0.29) is 12.6 Å². The second kappa shape index (κ2) is 16.8. The molecule has 44 heavy (non-hydrogen) atoms. The van der Waals surface area contributed by atoms with E-state index in [0.717, 1.165) is 30.6 Å². The molecular weight excluding hydrogens is 548 g/mol. The zero-order valence-electron chi connectivity index (χ0n) is 27.2. The van der Waals surface area contributed by atoms with E-state index in [1.807, 2.05) is 6.07 Å². The molecule has 2 aliphatic carbocycles. The van der Waals surface area contributed by atoms with Gasteiger partial charge < -0.3 is 14.2 Å². The molecule has 0 spiro atoms. The predicted molar refractivity (Wildman–Crippen MR) is 178 cm³/mol. The molecule has 4 rings (SSSR count). The van der Waals surface area contributed by atoms with E-state index < -0.39 is 5.97 Å². The molecule has 0 unspecified atom stereocenters. The fourth-order valence-corrected chi connectivity index (χ4v) is 7.28. The van der Waals surface area contributed by atoms with E-state index in [9.17, 15) is 9.59 Å². The summed E-state index contributed by atoms with van der Waals surface area (Å²) in [6, 6.07) is 14.8. The fourth-order valence-electron chi connectivity index (χ4n) is 7.28. The number of esters is 2. The average Bonchev–Trinajstić information content (AvgIpc) is 3.04. The zero-order valence-corrected chi connectivity index (χ0v) is 27.2. The van der Waals surface area contributed by atoms with E-state index in [0.29, 0.717) is 29.4 Å². The third kappa shape index (κ3) is 9.41. The third-order valence-electron chi connectivity index (χ3n) is 9.76. The Labute approximate surface area is 265 Å². The van der Waals surface area contributed by atoms with Crippen molar-refractivity contribution in [2.45, 2.75) is 96.8 Å². The Kier molecular flexibility index (Phi) is 12.8. The molecule has 0 N–H and O–H groups in total. The molecule has 2 aromatic carbocycles. The Balaban J connectivity index is 1.41. The molecular formula is C39H52O5. The van der Waals surface area contributed by atoms with Gasteiger partial charge in [0.2, 0.25) is 0 Å². The topological polar surface area (TPSA) is 61.8 Å². The number of hydrogen-bond donors (Lipinski definition) is 0. The molecule has 0 radical (unpaired) electrons. The lowest BCUT2D eigenvalue weighted by Crippen LogP contribution is -2.25. The van der Waals surface area contributed by atoms with Crippen molar-refractivity contribution in [3.05, 3.63) is 77.9 Å². The lowest BCUT2D eigenvalue weighted by atomic mass is 9.67. The number of carbonyl (C=O) groups is 2. The van der Waals surface area contributed by atoms with Crippen LogP contribution in [-0.2, 0) is 25.5 Å². The molecule has 0 heterocycles. The summed E-state index contributed by atoms with van der Waals surface area (Å²) in [6.07, 6.45) is 14.9. The van der Waals surface area contributed by atoms with Crippen LogP contribution < -0.4 is 4.74 Å². The van der Waals surface area contributed by atoms with Crippen molar-refractivity contribution in [3.8, 4) is 16.9 Å². The SMILES string of the molecule is C=C(C)C(=O)Oc1ccc(-c2ccc(CCCOC(=O)C(=C)COC)cc2)c(C2CCC(C3CCC(CCC)CC3)CC2)c1. The molecule has 2 aromatic rings. The maximum atomic E-state index is 12.3. The zero-order chi connectivity index (χ0) is 31.5. The number of hydrogen-bond acceptors (Lipinski definition) is 5. The van der Waals surface area contributed by atoms with Crippen LogP contribution in [0.1, 0.15) is 102 Å². The maximum absolute atomic E-state index is 12.3. The van der Waals surface area contributed by atoms with Crippen molar-refractivity contribution in [2.24, 2.45) is 17.8 Å².